The Labute approximate surface area is 156 Å². The van der Waals surface area contributed by atoms with Crippen LogP contribution in [0, 0.1) is 0 Å². The fourth-order valence-electron chi connectivity index (χ4n) is 3.16. The molecule has 0 aliphatic carbocycles. The Hall–Kier alpha value is -3.79. The predicted molar refractivity (Wildman–Crippen MR) is 108 cm³/mol. The first kappa shape index (κ1) is 15.5. The van der Waals surface area contributed by atoms with Crippen LogP contribution in [0.1, 0.15) is 0 Å². The number of aromatic nitrogens is 4. The lowest BCUT2D eigenvalue weighted by molar-refractivity contribution is 1.21. The molecule has 0 bridgehead atoms. The van der Waals surface area contributed by atoms with Gasteiger partial charge in [-0.05, 0) is 47.5 Å². The molecule has 3 heterocycles. The largest absolute Gasteiger partial charge is 0.337 e. The van der Waals surface area contributed by atoms with E-state index in [1.54, 1.807) is 6.20 Å². The van der Waals surface area contributed by atoms with E-state index in [4.69, 9.17) is 9.97 Å². The summed E-state index contributed by atoms with van der Waals surface area (Å²) in [5.41, 5.74) is 6.75. The summed E-state index contributed by atoms with van der Waals surface area (Å²) >= 11 is 0. The van der Waals surface area contributed by atoms with Gasteiger partial charge in [0.25, 0.3) is 0 Å². The van der Waals surface area contributed by atoms with Gasteiger partial charge in [-0.3, -0.25) is 4.98 Å². The monoisotopic (exact) mass is 348 g/mol. The lowest BCUT2D eigenvalue weighted by Gasteiger charge is -2.01. The third kappa shape index (κ3) is 2.98. The van der Waals surface area contributed by atoms with Crippen LogP contribution in [0.4, 0.5) is 0 Å². The summed E-state index contributed by atoms with van der Waals surface area (Å²) in [5, 5.41) is 0. The molecule has 5 rings (SSSR count). The molecule has 3 aromatic heterocycles. The fourth-order valence-corrected chi connectivity index (χ4v) is 3.16. The van der Waals surface area contributed by atoms with Crippen molar-refractivity contribution in [3.05, 3.63) is 91.1 Å². The van der Waals surface area contributed by atoms with E-state index in [-0.39, 0.29) is 0 Å². The molecule has 1 N–H and O–H groups in total. The van der Waals surface area contributed by atoms with Gasteiger partial charge < -0.3 is 4.98 Å². The maximum absolute atomic E-state index is 4.73. The first-order valence-electron chi connectivity index (χ1n) is 8.81. The van der Waals surface area contributed by atoms with Crippen LogP contribution in [0.25, 0.3) is 45.1 Å². The first-order chi connectivity index (χ1) is 13.4. The quantitative estimate of drug-likeness (QED) is 0.478. The molecule has 2 aromatic carbocycles. The molecule has 27 heavy (non-hydrogen) atoms. The molecule has 0 aliphatic heterocycles. The third-order valence-corrected chi connectivity index (χ3v) is 4.51. The van der Waals surface area contributed by atoms with Crippen LogP contribution in [0.5, 0.6) is 0 Å². The standard InChI is InChI=1S/C23H16N4/c1-2-7-16(8-3-1)17-12-13-20-22(15-17)27-23(26-20)21-11-6-10-19(25-21)18-9-4-5-14-24-18/h1-15H,(H,26,27). The Kier molecular flexibility index (Phi) is 3.72. The first-order valence-corrected chi connectivity index (χ1v) is 8.81. The lowest BCUT2D eigenvalue weighted by atomic mass is 10.1. The Morgan fingerprint density at radius 2 is 1.41 bits per heavy atom. The highest BCUT2D eigenvalue weighted by molar-refractivity contribution is 5.84. The summed E-state index contributed by atoms with van der Waals surface area (Å²) < 4.78 is 0. The highest BCUT2D eigenvalue weighted by Gasteiger charge is 2.09. The summed E-state index contributed by atoms with van der Waals surface area (Å²) in [4.78, 5) is 17.2. The van der Waals surface area contributed by atoms with Crippen LogP contribution in [-0.2, 0) is 0 Å². The number of rotatable bonds is 3. The van der Waals surface area contributed by atoms with Crippen LogP contribution < -0.4 is 0 Å². The average molecular weight is 348 g/mol. The molecular formula is C23H16N4. The van der Waals surface area contributed by atoms with E-state index in [2.05, 4.69) is 34.2 Å². The maximum Gasteiger partial charge on any atom is 0.157 e. The van der Waals surface area contributed by atoms with Crippen LogP contribution >= 0.6 is 0 Å². The van der Waals surface area contributed by atoms with Crippen LogP contribution in [0.3, 0.4) is 0 Å². The Balaban J connectivity index is 1.56. The number of benzene rings is 2. The number of nitrogens with zero attached hydrogens (tertiary/aromatic N) is 3. The smallest absolute Gasteiger partial charge is 0.157 e. The number of aromatic amines is 1. The number of fused-ring (bicyclic) bond motifs is 1. The predicted octanol–water partition coefficient (Wildman–Crippen LogP) is 5.35. The van der Waals surface area contributed by atoms with E-state index in [1.807, 2.05) is 60.7 Å². The minimum absolute atomic E-state index is 0.757. The van der Waals surface area contributed by atoms with Gasteiger partial charge in [0.15, 0.2) is 5.82 Å². The number of imidazole rings is 1. The number of H-pyrrole nitrogens is 1. The van der Waals surface area contributed by atoms with Crippen molar-refractivity contribution in [2.45, 2.75) is 0 Å². The van der Waals surface area contributed by atoms with Crippen molar-refractivity contribution in [3.63, 3.8) is 0 Å². The zero-order valence-corrected chi connectivity index (χ0v) is 14.5. The number of hydrogen-bond donors (Lipinski definition) is 1. The van der Waals surface area contributed by atoms with Crippen molar-refractivity contribution in [2.24, 2.45) is 0 Å². The van der Waals surface area contributed by atoms with Gasteiger partial charge in [0, 0.05) is 6.20 Å². The van der Waals surface area contributed by atoms with Gasteiger partial charge in [0.2, 0.25) is 0 Å². The highest BCUT2D eigenvalue weighted by Crippen LogP contribution is 2.26. The second kappa shape index (κ2) is 6.50. The van der Waals surface area contributed by atoms with Gasteiger partial charge in [-0.15, -0.1) is 0 Å². The van der Waals surface area contributed by atoms with Crippen LogP contribution in [0.2, 0.25) is 0 Å². The van der Waals surface area contributed by atoms with Gasteiger partial charge in [-0.2, -0.15) is 0 Å². The molecule has 4 heteroatoms. The van der Waals surface area contributed by atoms with E-state index in [9.17, 15) is 0 Å². The summed E-state index contributed by atoms with van der Waals surface area (Å²) in [6.45, 7) is 0. The normalized spacial score (nSPS) is 11.0. The zero-order chi connectivity index (χ0) is 18.1. The van der Waals surface area contributed by atoms with Gasteiger partial charge in [0.05, 0.1) is 22.4 Å². The minimum Gasteiger partial charge on any atom is -0.337 e. The minimum atomic E-state index is 0.757. The Morgan fingerprint density at radius 1 is 0.593 bits per heavy atom. The van der Waals surface area contributed by atoms with E-state index in [0.29, 0.717) is 0 Å². The number of hydrogen-bond acceptors (Lipinski definition) is 3. The molecule has 0 aliphatic rings. The second-order valence-electron chi connectivity index (χ2n) is 6.31. The van der Waals surface area contributed by atoms with Crippen LogP contribution in [0.15, 0.2) is 91.1 Å². The maximum atomic E-state index is 4.73. The molecule has 0 spiro atoms. The van der Waals surface area contributed by atoms with Gasteiger partial charge in [0.1, 0.15) is 5.69 Å². The summed E-state index contributed by atoms with van der Waals surface area (Å²) in [6, 6.07) is 28.3. The average Bonchev–Trinajstić information content (AvgIpc) is 3.19. The van der Waals surface area contributed by atoms with Crippen molar-refractivity contribution in [3.8, 4) is 34.0 Å². The van der Waals surface area contributed by atoms with E-state index in [0.717, 1.165) is 39.5 Å². The molecule has 0 amide bonds. The molecule has 4 nitrogen and oxygen atoms in total. The van der Waals surface area contributed by atoms with Gasteiger partial charge in [-0.1, -0.05) is 48.5 Å². The lowest BCUT2D eigenvalue weighted by Crippen LogP contribution is -1.90. The summed E-state index contributed by atoms with van der Waals surface area (Å²) in [5.74, 6) is 0.757. The van der Waals surface area contributed by atoms with E-state index >= 15 is 0 Å². The van der Waals surface area contributed by atoms with E-state index < -0.39 is 0 Å². The van der Waals surface area contributed by atoms with E-state index in [1.165, 1.54) is 5.56 Å². The van der Waals surface area contributed by atoms with Gasteiger partial charge in [-0.25, -0.2) is 9.97 Å². The number of nitrogens with one attached hydrogen (secondary N) is 1. The topological polar surface area (TPSA) is 54.5 Å². The molecule has 0 fully saturated rings. The highest BCUT2D eigenvalue weighted by atomic mass is 15.0. The number of pyridine rings is 2. The molecule has 0 unspecified atom stereocenters. The second-order valence-corrected chi connectivity index (χ2v) is 6.31. The molecule has 0 saturated carbocycles. The van der Waals surface area contributed by atoms with Crippen molar-refractivity contribution in [1.29, 1.82) is 0 Å². The van der Waals surface area contributed by atoms with Crippen LogP contribution in [-0.4, -0.2) is 19.9 Å². The summed E-state index contributed by atoms with van der Waals surface area (Å²) in [6.07, 6.45) is 1.77. The Bertz CT molecular complexity index is 1210. The van der Waals surface area contributed by atoms with Crippen molar-refractivity contribution in [1.82, 2.24) is 19.9 Å². The molecule has 0 atom stereocenters. The van der Waals surface area contributed by atoms with Crippen molar-refractivity contribution >= 4 is 11.0 Å². The Morgan fingerprint density at radius 3 is 2.26 bits per heavy atom. The summed E-state index contributed by atoms with van der Waals surface area (Å²) in [7, 11) is 0. The van der Waals surface area contributed by atoms with Crippen molar-refractivity contribution in [2.75, 3.05) is 0 Å². The molecule has 5 aromatic rings. The molecule has 128 valence electrons. The third-order valence-electron chi connectivity index (χ3n) is 4.51. The molecule has 0 radical (unpaired) electrons. The molecular weight excluding hydrogens is 332 g/mol. The van der Waals surface area contributed by atoms with Gasteiger partial charge >= 0.3 is 0 Å². The van der Waals surface area contributed by atoms with Crippen molar-refractivity contribution < 1.29 is 0 Å². The molecule has 0 saturated heterocycles. The fraction of sp³-hybridized carbons (Fsp3) is 0. The SMILES string of the molecule is c1ccc(-c2ccc3nc(-c4cccc(-c5ccccn5)n4)[nH]c3c2)cc1. The zero-order valence-electron chi connectivity index (χ0n) is 14.5.